The lowest BCUT2D eigenvalue weighted by Gasteiger charge is -2.17. The first-order chi connectivity index (χ1) is 19.7. The minimum absolute atomic E-state index is 0.0370. The van der Waals surface area contributed by atoms with Crippen molar-refractivity contribution >= 4 is 27.7 Å². The van der Waals surface area contributed by atoms with Gasteiger partial charge in [0.15, 0.2) is 0 Å². The number of hydroxylamine groups is 1. The molecule has 3 N–H and O–H groups in total. The summed E-state index contributed by atoms with van der Waals surface area (Å²) in [6, 6.07) is 13.4. The van der Waals surface area contributed by atoms with E-state index in [-0.39, 0.29) is 29.7 Å². The Morgan fingerprint density at radius 3 is 2.46 bits per heavy atom. The second-order valence-electron chi connectivity index (χ2n) is 9.89. The molecule has 2 unspecified atom stereocenters. The van der Waals surface area contributed by atoms with Crippen LogP contribution < -0.4 is 10.2 Å². The first-order valence-electron chi connectivity index (χ1n) is 12.9. The number of imide groups is 1. The zero-order valence-electron chi connectivity index (χ0n) is 22.0. The standard InChI is InChI=1S/C28H28N6O6S/c1-18-7-12-23-24(15-18)28(37)33(27(23)36)14-13-20-17-34(32-29-20)21-8-10-22(11-9-21)41(39,40)31-25(26(35)30-38)16-19-5-3-2-4-6-19/h2-12,15,17,23-25,31,38H,13-14,16H2,1H3,(H,30,35)/t23?,24?,25-/m1/s1. The Labute approximate surface area is 236 Å². The number of hydrogen-bond acceptors (Lipinski definition) is 8. The van der Waals surface area contributed by atoms with Crippen LogP contribution in [-0.2, 0) is 37.2 Å². The van der Waals surface area contributed by atoms with Gasteiger partial charge in [0.2, 0.25) is 21.8 Å². The van der Waals surface area contributed by atoms with Crippen LogP contribution in [0.1, 0.15) is 18.2 Å². The molecule has 0 radical (unpaired) electrons. The van der Waals surface area contributed by atoms with E-state index in [1.165, 1.54) is 39.3 Å². The number of rotatable bonds is 10. The maximum Gasteiger partial charge on any atom is 0.261 e. The van der Waals surface area contributed by atoms with E-state index in [9.17, 15) is 22.8 Å². The predicted molar refractivity (Wildman–Crippen MR) is 146 cm³/mol. The van der Waals surface area contributed by atoms with Crippen LogP contribution in [0.5, 0.6) is 0 Å². The molecule has 3 amide bonds. The molecule has 1 aliphatic carbocycles. The summed E-state index contributed by atoms with van der Waals surface area (Å²) in [6.45, 7) is 2.07. The molecular formula is C28H28N6O6S. The molecule has 3 atom stereocenters. The maximum absolute atomic E-state index is 13.0. The van der Waals surface area contributed by atoms with Gasteiger partial charge in [-0.25, -0.2) is 18.6 Å². The summed E-state index contributed by atoms with van der Waals surface area (Å²) >= 11 is 0. The SMILES string of the molecule is CC1=CC2C(=O)N(CCc3cn(-c4ccc(S(=O)(=O)N[C@H](Cc5ccccc5)C(=O)NO)cc4)nn3)C(=O)C2C=C1. The van der Waals surface area contributed by atoms with E-state index in [0.717, 1.165) is 5.57 Å². The van der Waals surface area contributed by atoms with Gasteiger partial charge in [-0.1, -0.05) is 59.3 Å². The summed E-state index contributed by atoms with van der Waals surface area (Å²) in [5, 5.41) is 17.3. The fraction of sp³-hybridized carbons (Fsp3) is 0.250. The lowest BCUT2D eigenvalue weighted by atomic mass is 9.88. The highest BCUT2D eigenvalue weighted by molar-refractivity contribution is 7.89. The molecule has 12 nitrogen and oxygen atoms in total. The quantitative estimate of drug-likeness (QED) is 0.185. The number of benzene rings is 2. The number of nitrogens with one attached hydrogen (secondary N) is 2. The van der Waals surface area contributed by atoms with Gasteiger partial charge in [0.25, 0.3) is 5.91 Å². The summed E-state index contributed by atoms with van der Waals surface area (Å²) < 4.78 is 29.8. The highest BCUT2D eigenvalue weighted by Gasteiger charge is 2.45. The summed E-state index contributed by atoms with van der Waals surface area (Å²) in [5.41, 5.74) is 4.26. The second-order valence-corrected chi connectivity index (χ2v) is 11.6. The Kier molecular flexibility index (Phi) is 7.92. The summed E-state index contributed by atoms with van der Waals surface area (Å²) in [6.07, 6.45) is 7.45. The van der Waals surface area contributed by atoms with Crippen molar-refractivity contribution < 1.29 is 28.0 Å². The zero-order valence-corrected chi connectivity index (χ0v) is 22.9. The van der Waals surface area contributed by atoms with Crippen molar-refractivity contribution in [1.29, 1.82) is 0 Å². The summed E-state index contributed by atoms with van der Waals surface area (Å²) in [4.78, 5) is 38.8. The summed E-state index contributed by atoms with van der Waals surface area (Å²) in [5.74, 6) is -2.25. The molecule has 0 saturated carbocycles. The van der Waals surface area contributed by atoms with Crippen LogP contribution in [0, 0.1) is 11.8 Å². The smallest absolute Gasteiger partial charge is 0.261 e. The third kappa shape index (κ3) is 6.01. The zero-order chi connectivity index (χ0) is 29.1. The van der Waals surface area contributed by atoms with Crippen molar-refractivity contribution in [2.45, 2.75) is 30.7 Å². The van der Waals surface area contributed by atoms with Crippen LogP contribution in [0.3, 0.4) is 0 Å². The number of aromatic nitrogens is 3. The lowest BCUT2D eigenvalue weighted by Crippen LogP contribution is -2.47. The predicted octanol–water partition coefficient (Wildman–Crippen LogP) is 1.32. The van der Waals surface area contributed by atoms with Crippen LogP contribution in [-0.4, -0.2) is 63.8 Å². The Hall–Kier alpha value is -4.46. The number of hydrogen-bond donors (Lipinski definition) is 3. The fourth-order valence-corrected chi connectivity index (χ4v) is 6.08. The van der Waals surface area contributed by atoms with E-state index in [1.807, 2.05) is 19.1 Å². The number of amides is 3. The van der Waals surface area contributed by atoms with Gasteiger partial charge in [-0.3, -0.25) is 24.5 Å². The van der Waals surface area contributed by atoms with E-state index in [0.29, 0.717) is 23.4 Å². The molecule has 3 aromatic rings. The Bertz CT molecular complexity index is 1630. The number of likely N-dealkylation sites (tertiary alicyclic amines) is 1. The molecular weight excluding hydrogens is 548 g/mol. The van der Waals surface area contributed by atoms with Crippen LogP contribution in [0.15, 0.2) is 89.5 Å². The highest BCUT2D eigenvalue weighted by Crippen LogP contribution is 2.32. The summed E-state index contributed by atoms with van der Waals surface area (Å²) in [7, 11) is -4.12. The molecule has 1 aromatic heterocycles. The monoisotopic (exact) mass is 576 g/mol. The average molecular weight is 577 g/mol. The van der Waals surface area contributed by atoms with Crippen molar-refractivity contribution in [3.63, 3.8) is 0 Å². The van der Waals surface area contributed by atoms with Crippen molar-refractivity contribution in [2.75, 3.05) is 6.54 Å². The van der Waals surface area contributed by atoms with Gasteiger partial charge in [-0.15, -0.1) is 5.10 Å². The number of allylic oxidation sites excluding steroid dienone is 2. The van der Waals surface area contributed by atoms with Crippen molar-refractivity contribution in [3.8, 4) is 5.69 Å². The van der Waals surface area contributed by atoms with Crippen molar-refractivity contribution in [3.05, 3.63) is 95.9 Å². The Balaban J connectivity index is 1.23. The van der Waals surface area contributed by atoms with Crippen LogP contribution in [0.2, 0.25) is 0 Å². The molecule has 1 fully saturated rings. The third-order valence-corrected chi connectivity index (χ3v) is 8.54. The van der Waals surface area contributed by atoms with Gasteiger partial charge >= 0.3 is 0 Å². The van der Waals surface area contributed by atoms with E-state index >= 15 is 0 Å². The average Bonchev–Trinajstić information content (AvgIpc) is 3.54. The molecule has 212 valence electrons. The first kappa shape index (κ1) is 28.1. The molecule has 0 spiro atoms. The molecule has 0 bridgehead atoms. The molecule has 2 aliphatic rings. The Morgan fingerprint density at radius 1 is 1.05 bits per heavy atom. The van der Waals surface area contributed by atoms with Crippen LogP contribution in [0.25, 0.3) is 5.69 Å². The molecule has 13 heteroatoms. The van der Waals surface area contributed by atoms with Gasteiger partial charge in [0, 0.05) is 13.0 Å². The lowest BCUT2D eigenvalue weighted by molar-refractivity contribution is -0.139. The van der Waals surface area contributed by atoms with Gasteiger partial charge < -0.3 is 0 Å². The Morgan fingerprint density at radius 2 is 1.76 bits per heavy atom. The maximum atomic E-state index is 13.0. The molecule has 1 saturated heterocycles. The van der Waals surface area contributed by atoms with E-state index in [2.05, 4.69) is 15.0 Å². The van der Waals surface area contributed by atoms with E-state index < -0.39 is 33.8 Å². The van der Waals surface area contributed by atoms with Crippen molar-refractivity contribution in [1.82, 2.24) is 30.1 Å². The highest BCUT2D eigenvalue weighted by atomic mass is 32.2. The third-order valence-electron chi connectivity index (χ3n) is 7.05. The molecule has 5 rings (SSSR count). The first-order valence-corrected chi connectivity index (χ1v) is 14.4. The molecule has 1 aliphatic heterocycles. The number of nitrogens with zero attached hydrogens (tertiary/aromatic N) is 4. The minimum Gasteiger partial charge on any atom is -0.289 e. The number of fused-ring (bicyclic) bond motifs is 1. The van der Waals surface area contributed by atoms with E-state index in [1.54, 1.807) is 42.6 Å². The minimum atomic E-state index is -4.12. The molecule has 2 aromatic carbocycles. The topological polar surface area (TPSA) is 164 Å². The normalized spacial score (nSPS) is 19.2. The van der Waals surface area contributed by atoms with Crippen LogP contribution in [0.4, 0.5) is 0 Å². The van der Waals surface area contributed by atoms with Crippen LogP contribution >= 0.6 is 0 Å². The van der Waals surface area contributed by atoms with E-state index in [4.69, 9.17) is 5.21 Å². The number of carbonyl (C=O) groups excluding carboxylic acids is 3. The largest absolute Gasteiger partial charge is 0.289 e. The fourth-order valence-electron chi connectivity index (χ4n) is 4.88. The van der Waals surface area contributed by atoms with Crippen molar-refractivity contribution in [2.24, 2.45) is 11.8 Å². The molecule has 41 heavy (non-hydrogen) atoms. The number of carbonyl (C=O) groups is 3. The second kappa shape index (κ2) is 11.6. The van der Waals surface area contributed by atoms with Gasteiger partial charge in [-0.05, 0) is 43.2 Å². The van der Waals surface area contributed by atoms with Gasteiger partial charge in [0.1, 0.15) is 6.04 Å². The number of sulfonamides is 1. The molecule has 2 heterocycles. The van der Waals surface area contributed by atoms with Gasteiger partial charge in [0.05, 0.1) is 34.3 Å². The van der Waals surface area contributed by atoms with Gasteiger partial charge in [-0.2, -0.15) is 4.72 Å².